The van der Waals surface area contributed by atoms with Crippen molar-refractivity contribution in [2.24, 2.45) is 0 Å². The Morgan fingerprint density at radius 2 is 1.73 bits per heavy atom. The van der Waals surface area contributed by atoms with Gasteiger partial charge in [0.1, 0.15) is 0 Å². The highest BCUT2D eigenvalue weighted by atomic mass is 32.2. The highest BCUT2D eigenvalue weighted by Gasteiger charge is 2.26. The molecule has 0 spiro atoms. The van der Waals surface area contributed by atoms with Gasteiger partial charge in [-0.25, -0.2) is 21.9 Å². The maximum atomic E-state index is 13.7. The quantitative estimate of drug-likeness (QED) is 0.394. The Kier molecular flexibility index (Phi) is 6.35. The molecule has 0 unspecified atom stereocenters. The van der Waals surface area contributed by atoms with E-state index in [1.165, 1.54) is 14.2 Å². The third-order valence-corrected chi connectivity index (χ3v) is 6.91. The Hall–Kier alpha value is -3.43. The third kappa shape index (κ3) is 4.42. The topological polar surface area (TPSA) is 80.4 Å². The number of hydrogen-bond donors (Lipinski definition) is 2. The number of halogens is 2. The molecular weight excluding hydrogens is 450 g/mol. The third-order valence-electron chi connectivity index (χ3n) is 5.48. The van der Waals surface area contributed by atoms with Gasteiger partial charge in [0.2, 0.25) is 10.0 Å². The number of fused-ring (bicyclic) bond motifs is 1. The van der Waals surface area contributed by atoms with E-state index in [1.807, 2.05) is 36.5 Å². The average molecular weight is 473 g/mol. The lowest BCUT2D eigenvalue weighted by Gasteiger charge is -2.22. The number of sulfonamides is 1. The Bertz CT molecular complexity index is 1400. The second-order valence-corrected chi connectivity index (χ2v) is 9.12. The van der Waals surface area contributed by atoms with E-state index in [-0.39, 0.29) is 11.4 Å². The van der Waals surface area contributed by atoms with Gasteiger partial charge in [0, 0.05) is 35.1 Å². The molecule has 4 aromatic rings. The first kappa shape index (κ1) is 22.8. The van der Waals surface area contributed by atoms with Crippen molar-refractivity contribution in [3.05, 3.63) is 89.6 Å². The van der Waals surface area contributed by atoms with Crippen LogP contribution in [-0.4, -0.2) is 34.2 Å². The van der Waals surface area contributed by atoms with E-state index < -0.39 is 27.6 Å². The minimum absolute atomic E-state index is 0.0628. The van der Waals surface area contributed by atoms with E-state index in [2.05, 4.69) is 9.71 Å². The van der Waals surface area contributed by atoms with Gasteiger partial charge in [0.05, 0.1) is 19.1 Å². The number of benzene rings is 3. The normalized spacial score (nSPS) is 12.6. The standard InChI is InChI=1S/C24H22F2N2O4S/c1-31-23-9-5-7-17(24(23)32-2)19(18-13-27-22-8-4-3-6-16(18)22)14-28-33(29,30)15-10-11-20(25)21(26)12-15/h3-13,19,27-28H,14H2,1-2H3/t19-/m1/s1. The molecule has 0 fully saturated rings. The summed E-state index contributed by atoms with van der Waals surface area (Å²) < 4.78 is 66.3. The van der Waals surface area contributed by atoms with Gasteiger partial charge in [-0.2, -0.15) is 0 Å². The summed E-state index contributed by atoms with van der Waals surface area (Å²) in [7, 11) is -1.09. The van der Waals surface area contributed by atoms with Gasteiger partial charge in [-0.3, -0.25) is 0 Å². The summed E-state index contributed by atoms with van der Waals surface area (Å²) in [5.41, 5.74) is 2.43. The molecule has 6 nitrogen and oxygen atoms in total. The molecule has 3 aromatic carbocycles. The van der Waals surface area contributed by atoms with Crippen LogP contribution in [0.25, 0.3) is 10.9 Å². The molecule has 9 heteroatoms. The van der Waals surface area contributed by atoms with Crippen molar-refractivity contribution in [2.45, 2.75) is 10.8 Å². The molecule has 0 saturated carbocycles. The van der Waals surface area contributed by atoms with Crippen LogP contribution < -0.4 is 14.2 Å². The fourth-order valence-corrected chi connectivity index (χ4v) is 4.94. The number of ether oxygens (including phenoxy) is 2. The number of methoxy groups -OCH3 is 2. The monoisotopic (exact) mass is 472 g/mol. The van der Waals surface area contributed by atoms with Crippen LogP contribution in [-0.2, 0) is 10.0 Å². The molecule has 0 aliphatic rings. The summed E-state index contributed by atoms with van der Waals surface area (Å²) in [6.45, 7) is -0.0628. The highest BCUT2D eigenvalue weighted by molar-refractivity contribution is 7.89. The first-order chi connectivity index (χ1) is 15.9. The lowest BCUT2D eigenvalue weighted by Crippen LogP contribution is -2.29. The zero-order valence-electron chi connectivity index (χ0n) is 17.9. The van der Waals surface area contributed by atoms with Gasteiger partial charge in [0.15, 0.2) is 23.1 Å². The average Bonchev–Trinajstić information content (AvgIpc) is 3.24. The molecule has 4 rings (SSSR count). The minimum Gasteiger partial charge on any atom is -0.493 e. The molecule has 2 N–H and O–H groups in total. The molecule has 0 aliphatic carbocycles. The van der Waals surface area contributed by atoms with Gasteiger partial charge >= 0.3 is 0 Å². The lowest BCUT2D eigenvalue weighted by molar-refractivity contribution is 0.350. The Morgan fingerprint density at radius 1 is 0.939 bits per heavy atom. The van der Waals surface area contributed by atoms with E-state index in [4.69, 9.17) is 9.47 Å². The van der Waals surface area contributed by atoms with Crippen molar-refractivity contribution < 1.29 is 26.7 Å². The number of nitrogens with one attached hydrogen (secondary N) is 2. The predicted molar refractivity (Wildman–Crippen MR) is 121 cm³/mol. The summed E-state index contributed by atoms with van der Waals surface area (Å²) in [6, 6.07) is 15.5. The summed E-state index contributed by atoms with van der Waals surface area (Å²) in [6.07, 6.45) is 1.82. The van der Waals surface area contributed by atoms with Crippen LogP contribution in [0.3, 0.4) is 0 Å². The van der Waals surface area contributed by atoms with Crippen molar-refractivity contribution in [1.29, 1.82) is 0 Å². The summed E-state index contributed by atoms with van der Waals surface area (Å²) in [5, 5.41) is 0.916. The number of rotatable bonds is 8. The van der Waals surface area contributed by atoms with E-state index in [1.54, 1.807) is 12.1 Å². The van der Waals surface area contributed by atoms with Crippen LogP contribution in [0.2, 0.25) is 0 Å². The number of aromatic nitrogens is 1. The van der Waals surface area contributed by atoms with Crippen molar-refractivity contribution >= 4 is 20.9 Å². The van der Waals surface area contributed by atoms with Gasteiger partial charge in [-0.1, -0.05) is 30.3 Å². The molecule has 33 heavy (non-hydrogen) atoms. The van der Waals surface area contributed by atoms with E-state index in [9.17, 15) is 17.2 Å². The van der Waals surface area contributed by atoms with Crippen LogP contribution in [0.4, 0.5) is 8.78 Å². The van der Waals surface area contributed by atoms with Crippen LogP contribution in [0, 0.1) is 11.6 Å². The molecule has 0 radical (unpaired) electrons. The van der Waals surface area contributed by atoms with Gasteiger partial charge in [-0.05, 0) is 35.9 Å². The molecular formula is C24H22F2N2O4S. The fraction of sp³-hybridized carbons (Fsp3) is 0.167. The molecule has 172 valence electrons. The summed E-state index contributed by atoms with van der Waals surface area (Å²) >= 11 is 0. The second kappa shape index (κ2) is 9.21. The van der Waals surface area contributed by atoms with Crippen molar-refractivity contribution in [3.8, 4) is 11.5 Å². The minimum atomic E-state index is -4.12. The zero-order valence-corrected chi connectivity index (χ0v) is 18.7. The van der Waals surface area contributed by atoms with Crippen molar-refractivity contribution in [2.75, 3.05) is 20.8 Å². The summed E-state index contributed by atoms with van der Waals surface area (Å²) in [5.74, 6) is -1.86. The molecule has 1 atom stereocenters. The molecule has 0 aliphatic heterocycles. The number of hydrogen-bond acceptors (Lipinski definition) is 4. The second-order valence-electron chi connectivity index (χ2n) is 7.35. The lowest BCUT2D eigenvalue weighted by atomic mass is 9.90. The van der Waals surface area contributed by atoms with Crippen molar-refractivity contribution in [1.82, 2.24) is 9.71 Å². The Labute approximate surface area is 190 Å². The molecule has 0 amide bonds. The first-order valence-corrected chi connectivity index (χ1v) is 11.6. The van der Waals surface area contributed by atoms with Crippen molar-refractivity contribution in [3.63, 3.8) is 0 Å². The molecule has 1 heterocycles. The largest absolute Gasteiger partial charge is 0.493 e. The highest BCUT2D eigenvalue weighted by Crippen LogP contribution is 2.40. The smallest absolute Gasteiger partial charge is 0.240 e. The Balaban J connectivity index is 1.78. The zero-order chi connectivity index (χ0) is 23.6. The van der Waals surface area contributed by atoms with Crippen LogP contribution in [0.15, 0.2) is 71.8 Å². The van der Waals surface area contributed by atoms with Crippen LogP contribution in [0.5, 0.6) is 11.5 Å². The molecule has 0 bridgehead atoms. The number of aromatic amines is 1. The fourth-order valence-electron chi connectivity index (χ4n) is 3.88. The van der Waals surface area contributed by atoms with Crippen LogP contribution in [0.1, 0.15) is 17.0 Å². The maximum Gasteiger partial charge on any atom is 0.240 e. The Morgan fingerprint density at radius 3 is 2.45 bits per heavy atom. The molecule has 1 aromatic heterocycles. The van der Waals surface area contributed by atoms with Gasteiger partial charge in [0.25, 0.3) is 0 Å². The van der Waals surface area contributed by atoms with E-state index in [0.717, 1.165) is 28.6 Å². The van der Waals surface area contributed by atoms with Gasteiger partial charge < -0.3 is 14.5 Å². The van der Waals surface area contributed by atoms with Crippen LogP contribution >= 0.6 is 0 Å². The number of H-pyrrole nitrogens is 1. The van der Waals surface area contributed by atoms with E-state index >= 15 is 0 Å². The number of para-hydroxylation sites is 2. The predicted octanol–water partition coefficient (Wildman–Crippen LogP) is 4.57. The van der Waals surface area contributed by atoms with E-state index in [0.29, 0.717) is 23.1 Å². The molecule has 0 saturated heterocycles. The first-order valence-electron chi connectivity index (χ1n) is 10.1. The summed E-state index contributed by atoms with van der Waals surface area (Å²) in [4.78, 5) is 2.84. The maximum absolute atomic E-state index is 13.7. The SMILES string of the molecule is COc1cccc([C@@H](CNS(=O)(=O)c2ccc(F)c(F)c2)c2c[nH]c3ccccc23)c1OC. The van der Waals surface area contributed by atoms with Gasteiger partial charge in [-0.15, -0.1) is 0 Å².